The normalized spacial score (nSPS) is 13.5. The molecule has 5 heteroatoms. The van der Waals surface area contributed by atoms with E-state index < -0.39 is 0 Å². The van der Waals surface area contributed by atoms with E-state index in [4.69, 9.17) is 4.74 Å². The smallest absolute Gasteiger partial charge is 0.312 e. The molecule has 1 aliphatic rings. The van der Waals surface area contributed by atoms with Crippen molar-refractivity contribution in [1.29, 1.82) is 0 Å². The minimum absolute atomic E-state index is 0.0206. The summed E-state index contributed by atoms with van der Waals surface area (Å²) in [6, 6.07) is 21.2. The van der Waals surface area contributed by atoms with Crippen molar-refractivity contribution < 1.29 is 14.3 Å². The Morgan fingerprint density at radius 1 is 1.00 bits per heavy atom. The zero-order valence-corrected chi connectivity index (χ0v) is 14.9. The lowest BCUT2D eigenvalue weighted by Crippen LogP contribution is -2.37. The number of ether oxygens (including phenoxy) is 1. The maximum atomic E-state index is 12.2. The molecule has 1 aliphatic heterocycles. The third-order valence-corrected chi connectivity index (χ3v) is 5.35. The van der Waals surface area contributed by atoms with E-state index in [1.807, 2.05) is 60.7 Å². The molecule has 0 saturated carbocycles. The average molecular weight is 363 g/mol. The number of anilines is 1. The Balaban J connectivity index is 1.43. The highest BCUT2D eigenvalue weighted by Crippen LogP contribution is 2.34. The van der Waals surface area contributed by atoms with E-state index in [-0.39, 0.29) is 18.3 Å². The SMILES string of the molecule is O=C(CCN1C(=O)CSc2ccccc21)Oc1ccc2ccccc2c1. The number of benzene rings is 3. The number of thioether (sulfide) groups is 1. The van der Waals surface area contributed by atoms with Crippen LogP contribution in [0.4, 0.5) is 5.69 Å². The highest BCUT2D eigenvalue weighted by molar-refractivity contribution is 8.00. The average Bonchev–Trinajstić information content (AvgIpc) is 2.67. The fraction of sp³-hybridized carbons (Fsp3) is 0.143. The number of carbonyl (C=O) groups excluding carboxylic acids is 2. The molecule has 4 rings (SSSR count). The van der Waals surface area contributed by atoms with E-state index >= 15 is 0 Å². The zero-order chi connectivity index (χ0) is 17.9. The van der Waals surface area contributed by atoms with Gasteiger partial charge in [0.05, 0.1) is 17.9 Å². The topological polar surface area (TPSA) is 46.6 Å². The molecule has 0 aliphatic carbocycles. The first-order valence-electron chi connectivity index (χ1n) is 8.42. The fourth-order valence-corrected chi connectivity index (χ4v) is 3.95. The summed E-state index contributed by atoms with van der Waals surface area (Å²) in [5.41, 5.74) is 0.868. The van der Waals surface area contributed by atoms with Crippen molar-refractivity contribution in [2.45, 2.75) is 11.3 Å². The Morgan fingerprint density at radius 2 is 1.77 bits per heavy atom. The number of fused-ring (bicyclic) bond motifs is 2. The molecule has 0 spiro atoms. The van der Waals surface area contributed by atoms with Gasteiger partial charge in [0, 0.05) is 11.4 Å². The Kier molecular flexibility index (Phi) is 4.63. The molecular weight excluding hydrogens is 346 g/mol. The van der Waals surface area contributed by atoms with Gasteiger partial charge in [-0.2, -0.15) is 0 Å². The minimum atomic E-state index is -0.344. The number of amides is 1. The molecule has 0 fully saturated rings. The Labute approximate surface area is 155 Å². The van der Waals surface area contributed by atoms with E-state index in [0.29, 0.717) is 18.0 Å². The minimum Gasteiger partial charge on any atom is -0.426 e. The molecule has 0 aromatic heterocycles. The first kappa shape index (κ1) is 16.7. The van der Waals surface area contributed by atoms with E-state index in [1.54, 1.807) is 11.0 Å². The van der Waals surface area contributed by atoms with Crippen molar-refractivity contribution in [2.75, 3.05) is 17.2 Å². The number of hydrogen-bond acceptors (Lipinski definition) is 4. The first-order chi connectivity index (χ1) is 12.7. The van der Waals surface area contributed by atoms with Crippen molar-refractivity contribution in [3.63, 3.8) is 0 Å². The number of carbonyl (C=O) groups is 2. The summed E-state index contributed by atoms with van der Waals surface area (Å²) in [6.45, 7) is 0.322. The molecule has 1 heterocycles. The predicted octanol–water partition coefficient (Wildman–Crippen LogP) is 4.27. The molecule has 0 bridgehead atoms. The number of rotatable bonds is 4. The summed E-state index contributed by atoms with van der Waals surface area (Å²) >= 11 is 1.53. The zero-order valence-electron chi connectivity index (χ0n) is 14.1. The Bertz CT molecular complexity index is 986. The van der Waals surface area contributed by atoms with Crippen molar-refractivity contribution in [3.05, 3.63) is 66.7 Å². The van der Waals surface area contributed by atoms with Crippen molar-refractivity contribution >= 4 is 40.1 Å². The molecule has 0 atom stereocenters. The largest absolute Gasteiger partial charge is 0.426 e. The van der Waals surface area contributed by atoms with Gasteiger partial charge in [-0.3, -0.25) is 9.59 Å². The maximum absolute atomic E-state index is 12.2. The van der Waals surface area contributed by atoms with E-state index in [0.717, 1.165) is 21.4 Å². The fourth-order valence-electron chi connectivity index (χ4n) is 3.02. The van der Waals surface area contributed by atoms with Gasteiger partial charge < -0.3 is 9.64 Å². The third-order valence-electron chi connectivity index (χ3n) is 4.30. The number of hydrogen-bond donors (Lipinski definition) is 0. The summed E-state index contributed by atoms with van der Waals surface area (Å²) in [6.07, 6.45) is 0.150. The molecule has 4 nitrogen and oxygen atoms in total. The molecular formula is C21H17NO3S. The van der Waals surface area contributed by atoms with Crippen molar-refractivity contribution in [3.8, 4) is 5.75 Å². The number of para-hydroxylation sites is 1. The molecule has 0 unspecified atom stereocenters. The highest BCUT2D eigenvalue weighted by Gasteiger charge is 2.24. The van der Waals surface area contributed by atoms with Crippen LogP contribution in [0.5, 0.6) is 5.75 Å². The Morgan fingerprint density at radius 3 is 2.65 bits per heavy atom. The quantitative estimate of drug-likeness (QED) is 0.513. The van der Waals surface area contributed by atoms with Crippen LogP contribution in [0.2, 0.25) is 0 Å². The van der Waals surface area contributed by atoms with Gasteiger partial charge >= 0.3 is 5.97 Å². The van der Waals surface area contributed by atoms with Gasteiger partial charge in [-0.25, -0.2) is 0 Å². The molecule has 0 saturated heterocycles. The van der Waals surface area contributed by atoms with Gasteiger partial charge in [0.15, 0.2) is 0 Å². The summed E-state index contributed by atoms with van der Waals surface area (Å²) in [4.78, 5) is 27.2. The molecule has 0 N–H and O–H groups in total. The van der Waals surface area contributed by atoms with Crippen LogP contribution in [-0.4, -0.2) is 24.2 Å². The highest BCUT2D eigenvalue weighted by atomic mass is 32.2. The molecule has 26 heavy (non-hydrogen) atoms. The van der Waals surface area contributed by atoms with Gasteiger partial charge in [-0.1, -0.05) is 42.5 Å². The summed E-state index contributed by atoms with van der Waals surface area (Å²) in [7, 11) is 0. The molecule has 3 aromatic rings. The van der Waals surface area contributed by atoms with Crippen LogP contribution >= 0.6 is 11.8 Å². The van der Waals surface area contributed by atoms with Crippen molar-refractivity contribution in [1.82, 2.24) is 0 Å². The van der Waals surface area contributed by atoms with Crippen LogP contribution in [0, 0.1) is 0 Å². The van der Waals surface area contributed by atoms with Crippen LogP contribution in [0.25, 0.3) is 10.8 Å². The molecule has 3 aromatic carbocycles. The number of nitrogens with zero attached hydrogens (tertiary/aromatic N) is 1. The third kappa shape index (κ3) is 3.44. The lowest BCUT2D eigenvalue weighted by Gasteiger charge is -2.28. The van der Waals surface area contributed by atoms with Crippen LogP contribution in [-0.2, 0) is 9.59 Å². The van der Waals surface area contributed by atoms with Gasteiger partial charge in [0.25, 0.3) is 0 Å². The summed E-state index contributed by atoms with van der Waals surface area (Å²) in [5, 5.41) is 2.12. The van der Waals surface area contributed by atoms with Crippen molar-refractivity contribution in [2.24, 2.45) is 0 Å². The second-order valence-electron chi connectivity index (χ2n) is 6.03. The van der Waals surface area contributed by atoms with Gasteiger partial charge in [-0.15, -0.1) is 11.8 Å². The van der Waals surface area contributed by atoms with E-state index in [2.05, 4.69) is 0 Å². The standard InChI is InChI=1S/C21H17NO3S/c23-20-14-26-19-8-4-3-7-18(19)22(20)12-11-21(24)25-17-10-9-15-5-1-2-6-16(15)13-17/h1-10,13H,11-12,14H2. The molecule has 130 valence electrons. The lowest BCUT2D eigenvalue weighted by molar-refractivity contribution is -0.134. The summed E-state index contributed by atoms with van der Waals surface area (Å²) in [5.74, 6) is 0.599. The van der Waals surface area contributed by atoms with Gasteiger partial charge in [-0.05, 0) is 35.0 Å². The molecule has 1 amide bonds. The van der Waals surface area contributed by atoms with Crippen LogP contribution in [0.3, 0.4) is 0 Å². The monoisotopic (exact) mass is 363 g/mol. The number of esters is 1. The second-order valence-corrected chi connectivity index (χ2v) is 7.05. The van der Waals surface area contributed by atoms with Crippen LogP contribution < -0.4 is 9.64 Å². The maximum Gasteiger partial charge on any atom is 0.312 e. The summed E-state index contributed by atoms with van der Waals surface area (Å²) < 4.78 is 5.45. The lowest BCUT2D eigenvalue weighted by atomic mass is 10.1. The second kappa shape index (κ2) is 7.22. The first-order valence-corrected chi connectivity index (χ1v) is 9.41. The Hall–Kier alpha value is -2.79. The van der Waals surface area contributed by atoms with Crippen LogP contribution in [0.1, 0.15) is 6.42 Å². The van der Waals surface area contributed by atoms with Crippen LogP contribution in [0.15, 0.2) is 71.6 Å². The predicted molar refractivity (Wildman–Crippen MR) is 104 cm³/mol. The van der Waals surface area contributed by atoms with Gasteiger partial charge in [0.2, 0.25) is 5.91 Å². The van der Waals surface area contributed by atoms with Gasteiger partial charge in [0.1, 0.15) is 5.75 Å². The molecule has 0 radical (unpaired) electrons. The van der Waals surface area contributed by atoms with E-state index in [1.165, 1.54) is 11.8 Å². The van der Waals surface area contributed by atoms with E-state index in [9.17, 15) is 9.59 Å².